The first-order valence-electron chi connectivity index (χ1n) is 16.7. The standard InChI is InChI=1S/C38H37N3O6.C2H6/c1-21-17-25-14-16-28(27-9-6-8-26(47-21)19-31(25)27)37(43)35-22(2)33(45-3)20-34(46-4)29(35)15-12-23-11-13-24-7-5-10-30(38(44)40-41-39)36(24)32(42)18-23;1-2/h5-10,13-14,16,18,20-21,37,42-43H,11-12,15,17,19H2,1-4H3;1-2H3. The van der Waals surface area contributed by atoms with Gasteiger partial charge in [0.05, 0.1) is 20.3 Å². The summed E-state index contributed by atoms with van der Waals surface area (Å²) in [5.41, 5.74) is 16.4. The summed E-state index contributed by atoms with van der Waals surface area (Å²) in [4.78, 5) is 15.1. The van der Waals surface area contributed by atoms with Gasteiger partial charge >= 0.3 is 0 Å². The lowest BCUT2D eigenvalue weighted by atomic mass is 9.84. The summed E-state index contributed by atoms with van der Waals surface area (Å²) in [6, 6.07) is 11.0. The third kappa shape index (κ3) is 7.00. The highest BCUT2D eigenvalue weighted by Gasteiger charge is 2.29. The molecule has 6 rings (SSSR count). The molecule has 9 nitrogen and oxygen atoms in total. The summed E-state index contributed by atoms with van der Waals surface area (Å²) < 4.78 is 17.8. The molecule has 2 unspecified atom stereocenters. The van der Waals surface area contributed by atoms with E-state index in [9.17, 15) is 15.0 Å². The molecule has 2 aliphatic carbocycles. The molecule has 2 atom stereocenters. The average Bonchev–Trinajstić information content (AvgIpc) is 3.49. The molecule has 0 aromatic heterocycles. The van der Waals surface area contributed by atoms with Crippen LogP contribution in [0.15, 0.2) is 71.1 Å². The van der Waals surface area contributed by atoms with Crippen LogP contribution >= 0.6 is 0 Å². The number of aliphatic hydroxyl groups is 2. The molecule has 0 fully saturated rings. The van der Waals surface area contributed by atoms with Crippen molar-refractivity contribution in [3.63, 3.8) is 0 Å². The molecule has 2 N–H and O–H groups in total. The number of aliphatic hydroxyl groups excluding tert-OH is 2. The maximum absolute atomic E-state index is 12.5. The van der Waals surface area contributed by atoms with Crippen molar-refractivity contribution in [3.05, 3.63) is 131 Å². The van der Waals surface area contributed by atoms with E-state index in [1.165, 1.54) is 17.2 Å². The summed E-state index contributed by atoms with van der Waals surface area (Å²) in [5, 5.41) is 27.7. The predicted molar refractivity (Wildman–Crippen MR) is 192 cm³/mol. The van der Waals surface area contributed by atoms with Gasteiger partial charge in [-0.1, -0.05) is 68.0 Å². The Kier molecular flexibility index (Phi) is 11.0. The molecule has 0 spiro atoms. The molecule has 3 aliphatic rings. The van der Waals surface area contributed by atoms with E-state index in [2.05, 4.69) is 29.1 Å². The normalized spacial score (nSPS) is 16.3. The number of nitrogens with zero attached hydrogens (tertiary/aromatic N) is 3. The van der Waals surface area contributed by atoms with Crippen LogP contribution in [-0.2, 0) is 24.0 Å². The number of amides is 1. The molecule has 2 bridgehead atoms. The lowest BCUT2D eigenvalue weighted by Gasteiger charge is -2.25. The second-order valence-corrected chi connectivity index (χ2v) is 12.1. The Bertz CT molecular complexity index is 2050. The number of azide groups is 1. The number of carbonyl (C=O) groups excluding carboxylic acids is 1. The lowest BCUT2D eigenvalue weighted by Crippen LogP contribution is -2.31. The van der Waals surface area contributed by atoms with Crippen LogP contribution < -0.4 is 19.9 Å². The maximum atomic E-state index is 12.5. The van der Waals surface area contributed by atoms with Crippen molar-refractivity contribution in [2.45, 2.75) is 72.0 Å². The minimum Gasteiger partial charge on any atom is -0.507 e. The average molecular weight is 662 g/mol. The van der Waals surface area contributed by atoms with E-state index in [1.54, 1.807) is 26.4 Å². The molecular weight excluding hydrogens is 618 g/mol. The number of fused-ring (bicyclic) bond motifs is 2. The number of ether oxygens (including phenoxy) is 3. The highest BCUT2D eigenvalue weighted by Crippen LogP contribution is 2.42. The van der Waals surface area contributed by atoms with Crippen molar-refractivity contribution >= 4 is 23.8 Å². The Morgan fingerprint density at radius 3 is 2.65 bits per heavy atom. The minimum absolute atomic E-state index is 0.0623. The number of methoxy groups -OCH3 is 2. The van der Waals surface area contributed by atoms with Crippen molar-refractivity contribution in [1.82, 2.24) is 0 Å². The van der Waals surface area contributed by atoms with Crippen molar-refractivity contribution < 1.29 is 29.2 Å². The van der Waals surface area contributed by atoms with Crippen LogP contribution in [0, 0.1) is 6.92 Å². The third-order valence-corrected chi connectivity index (χ3v) is 9.25. The van der Waals surface area contributed by atoms with Gasteiger partial charge < -0.3 is 24.4 Å². The Labute approximate surface area is 286 Å². The van der Waals surface area contributed by atoms with E-state index in [4.69, 9.17) is 19.7 Å². The highest BCUT2D eigenvalue weighted by atomic mass is 16.5. The van der Waals surface area contributed by atoms with Crippen LogP contribution in [-0.4, -0.2) is 36.4 Å². The van der Waals surface area contributed by atoms with E-state index < -0.39 is 12.0 Å². The molecule has 1 amide bonds. The number of rotatable bonds is 8. The Balaban J connectivity index is 0.00000230. The second kappa shape index (κ2) is 15.3. The van der Waals surface area contributed by atoms with Gasteiger partial charge in [-0.05, 0) is 94.5 Å². The van der Waals surface area contributed by atoms with Crippen LogP contribution in [0.2, 0.25) is 0 Å². The Morgan fingerprint density at radius 1 is 1.14 bits per heavy atom. The number of hydrogen-bond donors (Lipinski definition) is 2. The van der Waals surface area contributed by atoms with Gasteiger partial charge in [-0.3, -0.25) is 4.79 Å². The second-order valence-electron chi connectivity index (χ2n) is 12.1. The summed E-state index contributed by atoms with van der Waals surface area (Å²) in [7, 11) is 3.21. The fourth-order valence-electron chi connectivity index (χ4n) is 7.05. The topological polar surface area (TPSA) is 134 Å². The predicted octanol–water partition coefficient (Wildman–Crippen LogP) is 7.39. The monoisotopic (exact) mass is 661 g/mol. The first-order chi connectivity index (χ1) is 23.7. The molecule has 254 valence electrons. The SMILES string of the molecule is CC.COc1cc(OC)c(CCC2=CC(O)=c3c(C(=O)N=[N+]=[N-])cccc3=CC2)c(C(O)c2ccc3c4c2C=CC=C(C4)OC(C)C3)c1C. The first kappa shape index (κ1) is 35.1. The zero-order valence-corrected chi connectivity index (χ0v) is 28.9. The number of allylic oxidation sites excluding steroid dienone is 4. The van der Waals surface area contributed by atoms with Crippen molar-refractivity contribution in [3.8, 4) is 11.5 Å². The van der Waals surface area contributed by atoms with Gasteiger partial charge in [0.1, 0.15) is 29.1 Å². The lowest BCUT2D eigenvalue weighted by molar-refractivity contribution is 0.0999. The first-order valence-corrected chi connectivity index (χ1v) is 16.7. The number of carbonyl (C=O) groups is 1. The van der Waals surface area contributed by atoms with E-state index in [-0.39, 0.29) is 17.4 Å². The fraction of sp³-hybridized carbons (Fsp3) is 0.325. The van der Waals surface area contributed by atoms with Gasteiger partial charge in [0.15, 0.2) is 0 Å². The fourth-order valence-corrected chi connectivity index (χ4v) is 7.05. The van der Waals surface area contributed by atoms with Crippen LogP contribution in [0.3, 0.4) is 0 Å². The van der Waals surface area contributed by atoms with Crippen LogP contribution in [0.4, 0.5) is 0 Å². The van der Waals surface area contributed by atoms with E-state index >= 15 is 0 Å². The molecular formula is C40H43N3O6. The molecule has 3 aromatic carbocycles. The van der Waals surface area contributed by atoms with Crippen LogP contribution in [0.1, 0.15) is 89.0 Å². The van der Waals surface area contributed by atoms with Gasteiger partial charge in [-0.25, -0.2) is 0 Å². The molecule has 0 saturated heterocycles. The Hall–Kier alpha value is -5.24. The Morgan fingerprint density at radius 2 is 1.92 bits per heavy atom. The van der Waals surface area contributed by atoms with E-state index in [0.29, 0.717) is 47.6 Å². The number of benzene rings is 3. The largest absolute Gasteiger partial charge is 0.507 e. The summed E-state index contributed by atoms with van der Waals surface area (Å²) in [5.74, 6) is 1.30. The highest BCUT2D eigenvalue weighted by molar-refractivity contribution is 5.95. The zero-order valence-electron chi connectivity index (χ0n) is 28.9. The van der Waals surface area contributed by atoms with E-state index in [0.717, 1.165) is 45.6 Å². The van der Waals surface area contributed by atoms with Crippen LogP contribution in [0.5, 0.6) is 11.5 Å². The maximum Gasteiger partial charge on any atom is 0.249 e. The molecule has 0 saturated carbocycles. The smallest absolute Gasteiger partial charge is 0.249 e. The zero-order chi connectivity index (χ0) is 35.2. The molecule has 1 heterocycles. The van der Waals surface area contributed by atoms with Crippen molar-refractivity contribution in [1.29, 1.82) is 0 Å². The summed E-state index contributed by atoms with van der Waals surface area (Å²) in [6.45, 7) is 8.03. The summed E-state index contributed by atoms with van der Waals surface area (Å²) >= 11 is 0. The van der Waals surface area contributed by atoms with Gasteiger partial charge in [-0.2, -0.15) is 0 Å². The quantitative estimate of drug-likeness (QED) is 0.147. The van der Waals surface area contributed by atoms with Crippen molar-refractivity contribution in [2.75, 3.05) is 14.2 Å². The molecule has 1 aliphatic heterocycles. The van der Waals surface area contributed by atoms with Gasteiger partial charge in [0, 0.05) is 40.2 Å². The van der Waals surface area contributed by atoms with Crippen LogP contribution in [0.25, 0.3) is 28.4 Å². The van der Waals surface area contributed by atoms with Gasteiger partial charge in [0.25, 0.3) is 0 Å². The van der Waals surface area contributed by atoms with Crippen molar-refractivity contribution in [2.24, 2.45) is 5.11 Å². The van der Waals surface area contributed by atoms with Gasteiger partial charge in [0.2, 0.25) is 5.91 Å². The van der Waals surface area contributed by atoms with Gasteiger partial charge in [-0.15, -0.1) is 0 Å². The van der Waals surface area contributed by atoms with E-state index in [1.807, 2.05) is 57.2 Å². The third-order valence-electron chi connectivity index (χ3n) is 9.25. The molecule has 3 aromatic rings. The minimum atomic E-state index is -0.977. The number of hydrogen-bond acceptors (Lipinski definition) is 6. The summed E-state index contributed by atoms with van der Waals surface area (Å²) in [6.07, 6.45) is 11.8. The molecule has 49 heavy (non-hydrogen) atoms. The molecule has 0 radical (unpaired) electrons. The molecule has 9 heteroatoms.